The zero-order valence-corrected chi connectivity index (χ0v) is 21.6. The van der Waals surface area contributed by atoms with Gasteiger partial charge in [0.25, 0.3) is 5.91 Å². The van der Waals surface area contributed by atoms with Gasteiger partial charge in [-0.3, -0.25) is 4.79 Å². The predicted octanol–water partition coefficient (Wildman–Crippen LogP) is 5.47. The molecule has 2 unspecified atom stereocenters. The average Bonchev–Trinajstić information content (AvgIpc) is 3.56. The highest BCUT2D eigenvalue weighted by Gasteiger charge is 2.48. The van der Waals surface area contributed by atoms with E-state index < -0.39 is 18.1 Å². The van der Waals surface area contributed by atoms with Gasteiger partial charge in [-0.1, -0.05) is 72.8 Å². The van der Waals surface area contributed by atoms with E-state index in [-0.39, 0.29) is 25.0 Å². The molecule has 0 radical (unpaired) electrons. The van der Waals surface area contributed by atoms with Gasteiger partial charge in [-0.05, 0) is 60.3 Å². The maximum atomic E-state index is 14.1. The number of amides is 1. The highest BCUT2D eigenvalue weighted by molar-refractivity contribution is 5.88. The van der Waals surface area contributed by atoms with Crippen molar-refractivity contribution in [3.8, 4) is 5.75 Å². The first kappa shape index (κ1) is 24.7. The lowest BCUT2D eigenvalue weighted by Gasteiger charge is -2.38. The first-order valence-electron chi connectivity index (χ1n) is 13.5. The molecule has 3 aliphatic rings. The summed E-state index contributed by atoms with van der Waals surface area (Å²) in [5, 5.41) is 10.3. The standard InChI is InChI=1S/C32H33NO5/c1-20-12-13-23-18-33(28(32(35)36)17-27(23)29(20)37-19-21-8-4-2-5-9-21)31(34)30(22-10-6-3-7-11-22)38-26-15-24-14-25(24)16-26/h2-13,24-26,28,30H,14-19H2,1H3,(H,35,36)/t24?,25?,26?,28-,30+/m0/s1. The Balaban J connectivity index is 1.28. The molecule has 1 amide bonds. The zero-order valence-electron chi connectivity index (χ0n) is 21.6. The molecule has 2 fully saturated rings. The second-order valence-corrected chi connectivity index (χ2v) is 10.9. The highest BCUT2D eigenvalue weighted by Crippen LogP contribution is 2.53. The molecule has 1 N–H and O–H groups in total. The number of carboxylic acid groups (broad SMARTS) is 1. The molecule has 6 nitrogen and oxygen atoms in total. The number of carbonyl (C=O) groups excluding carboxylic acids is 1. The van der Waals surface area contributed by atoms with Crippen molar-refractivity contribution >= 4 is 11.9 Å². The fraction of sp³-hybridized carbons (Fsp3) is 0.375. The van der Waals surface area contributed by atoms with Gasteiger partial charge in [-0.25, -0.2) is 4.79 Å². The van der Waals surface area contributed by atoms with Crippen LogP contribution >= 0.6 is 0 Å². The molecule has 1 heterocycles. The summed E-state index contributed by atoms with van der Waals surface area (Å²) < 4.78 is 12.7. The second kappa shape index (κ2) is 10.3. The molecular formula is C32H33NO5. The van der Waals surface area contributed by atoms with Crippen molar-refractivity contribution in [2.24, 2.45) is 11.8 Å². The average molecular weight is 512 g/mol. The number of fused-ring (bicyclic) bond motifs is 2. The number of rotatable bonds is 8. The Kier molecular flexibility index (Phi) is 6.66. The van der Waals surface area contributed by atoms with Crippen molar-refractivity contribution in [2.75, 3.05) is 0 Å². The van der Waals surface area contributed by atoms with E-state index in [1.54, 1.807) is 0 Å². The van der Waals surface area contributed by atoms with E-state index in [2.05, 4.69) is 0 Å². The summed E-state index contributed by atoms with van der Waals surface area (Å²) in [6, 6.07) is 22.4. The second-order valence-electron chi connectivity index (χ2n) is 10.9. The molecule has 0 bridgehead atoms. The van der Waals surface area contributed by atoms with Gasteiger partial charge in [0.2, 0.25) is 0 Å². The molecule has 0 aromatic heterocycles. The Bertz CT molecular complexity index is 1310. The number of benzene rings is 3. The third kappa shape index (κ3) is 4.93. The predicted molar refractivity (Wildman–Crippen MR) is 143 cm³/mol. The van der Waals surface area contributed by atoms with Crippen LogP contribution in [0.3, 0.4) is 0 Å². The minimum atomic E-state index is -1.02. The number of aliphatic carboxylic acids is 1. The third-order valence-corrected chi connectivity index (χ3v) is 8.32. The largest absolute Gasteiger partial charge is 0.488 e. The van der Waals surface area contributed by atoms with Crippen LogP contribution < -0.4 is 4.74 Å². The van der Waals surface area contributed by atoms with Crippen molar-refractivity contribution in [1.29, 1.82) is 0 Å². The fourth-order valence-electron chi connectivity index (χ4n) is 6.16. The molecule has 1 aliphatic heterocycles. The third-order valence-electron chi connectivity index (χ3n) is 8.32. The van der Waals surface area contributed by atoms with Crippen LogP contribution in [0.2, 0.25) is 0 Å². The van der Waals surface area contributed by atoms with E-state index in [4.69, 9.17) is 9.47 Å². The summed E-state index contributed by atoms with van der Waals surface area (Å²) in [5.41, 5.74) is 4.54. The molecule has 38 heavy (non-hydrogen) atoms. The van der Waals surface area contributed by atoms with Gasteiger partial charge >= 0.3 is 5.97 Å². The maximum absolute atomic E-state index is 14.1. The Morgan fingerprint density at radius 1 is 0.947 bits per heavy atom. The minimum Gasteiger partial charge on any atom is -0.488 e. The molecular weight excluding hydrogens is 478 g/mol. The smallest absolute Gasteiger partial charge is 0.326 e. The van der Waals surface area contributed by atoms with E-state index in [9.17, 15) is 14.7 Å². The number of ether oxygens (including phenoxy) is 2. The molecule has 196 valence electrons. The van der Waals surface area contributed by atoms with Gasteiger partial charge in [-0.2, -0.15) is 0 Å². The molecule has 0 spiro atoms. The minimum absolute atomic E-state index is 0.0360. The number of carboxylic acids is 1. The molecule has 6 rings (SSSR count). The quantitative estimate of drug-likeness (QED) is 0.434. The molecule has 3 aromatic carbocycles. The summed E-state index contributed by atoms with van der Waals surface area (Å²) in [4.78, 5) is 28.1. The molecule has 0 saturated heterocycles. The summed E-state index contributed by atoms with van der Waals surface area (Å²) in [6.45, 7) is 2.57. The lowest BCUT2D eigenvalue weighted by molar-refractivity contribution is -0.160. The summed E-state index contributed by atoms with van der Waals surface area (Å²) in [5.74, 6) is 0.844. The Labute approximate surface area is 223 Å². The molecule has 3 aromatic rings. The Morgan fingerprint density at radius 2 is 1.63 bits per heavy atom. The van der Waals surface area contributed by atoms with Gasteiger partial charge < -0.3 is 19.5 Å². The summed E-state index contributed by atoms with van der Waals surface area (Å²) >= 11 is 0. The van der Waals surface area contributed by atoms with Crippen molar-refractivity contribution in [3.05, 3.63) is 101 Å². The molecule has 6 heteroatoms. The maximum Gasteiger partial charge on any atom is 0.326 e. The number of carbonyl (C=O) groups is 2. The van der Waals surface area contributed by atoms with Gasteiger partial charge in [-0.15, -0.1) is 0 Å². The van der Waals surface area contributed by atoms with Gasteiger partial charge in [0.15, 0.2) is 6.10 Å². The monoisotopic (exact) mass is 511 g/mol. The van der Waals surface area contributed by atoms with Crippen LogP contribution in [0.1, 0.15) is 53.2 Å². The van der Waals surface area contributed by atoms with Gasteiger partial charge in [0, 0.05) is 18.5 Å². The summed E-state index contributed by atoms with van der Waals surface area (Å²) in [6.07, 6.45) is 2.64. The molecule has 2 saturated carbocycles. The number of hydrogen-bond acceptors (Lipinski definition) is 4. The normalized spacial score (nSPS) is 24.3. The van der Waals surface area contributed by atoms with Crippen LogP contribution in [0.25, 0.3) is 0 Å². The highest BCUT2D eigenvalue weighted by atomic mass is 16.5. The van der Waals surface area contributed by atoms with Crippen LogP contribution in [-0.2, 0) is 33.9 Å². The molecule has 4 atom stereocenters. The van der Waals surface area contributed by atoms with E-state index in [0.717, 1.165) is 52.5 Å². The Hall–Kier alpha value is -3.64. The lowest BCUT2D eigenvalue weighted by Crippen LogP contribution is -2.51. The van der Waals surface area contributed by atoms with Gasteiger partial charge in [0.1, 0.15) is 18.4 Å². The first-order valence-corrected chi connectivity index (χ1v) is 13.5. The number of aryl methyl sites for hydroxylation is 1. The van der Waals surface area contributed by atoms with Crippen molar-refractivity contribution in [1.82, 2.24) is 4.90 Å². The first-order chi connectivity index (χ1) is 18.5. The van der Waals surface area contributed by atoms with E-state index >= 15 is 0 Å². The molecule has 2 aliphatic carbocycles. The van der Waals surface area contributed by atoms with E-state index in [1.807, 2.05) is 79.7 Å². The number of hydrogen-bond donors (Lipinski definition) is 1. The van der Waals surface area contributed by atoms with Crippen LogP contribution in [0.4, 0.5) is 0 Å². The van der Waals surface area contributed by atoms with Crippen molar-refractivity contribution in [3.63, 3.8) is 0 Å². The number of nitrogens with zero attached hydrogens (tertiary/aromatic N) is 1. The topological polar surface area (TPSA) is 76.1 Å². The van der Waals surface area contributed by atoms with Gasteiger partial charge in [0.05, 0.1) is 6.10 Å². The van der Waals surface area contributed by atoms with Crippen LogP contribution in [-0.4, -0.2) is 34.0 Å². The van der Waals surface area contributed by atoms with Crippen LogP contribution in [0.5, 0.6) is 5.75 Å². The van der Waals surface area contributed by atoms with Crippen LogP contribution in [0, 0.1) is 18.8 Å². The lowest BCUT2D eigenvalue weighted by atomic mass is 9.90. The Morgan fingerprint density at radius 3 is 2.32 bits per heavy atom. The SMILES string of the molecule is Cc1ccc2c(c1OCc1ccccc1)C[C@@H](C(=O)O)N(C(=O)[C@H](OC1CC3CC3C1)c1ccccc1)C2. The van der Waals surface area contributed by atoms with Crippen molar-refractivity contribution in [2.45, 2.75) is 64.0 Å². The summed E-state index contributed by atoms with van der Waals surface area (Å²) in [7, 11) is 0. The van der Waals surface area contributed by atoms with Crippen LogP contribution in [0.15, 0.2) is 72.8 Å². The zero-order chi connectivity index (χ0) is 26.2. The van der Waals surface area contributed by atoms with Crippen molar-refractivity contribution < 1.29 is 24.2 Å². The van der Waals surface area contributed by atoms with E-state index in [0.29, 0.717) is 12.4 Å². The van der Waals surface area contributed by atoms with E-state index in [1.165, 1.54) is 11.3 Å². The fourth-order valence-corrected chi connectivity index (χ4v) is 6.16.